The molecule has 4 nitrogen and oxygen atoms in total. The molecule has 1 saturated heterocycles. The molecule has 1 aliphatic rings. The molecular weight excluding hydrogens is 259 g/mol. The maximum absolute atomic E-state index is 13.6. The number of aliphatic hydroxyl groups is 1. The number of likely N-dealkylation sites (tertiary alicyclic amines) is 1. The van der Waals surface area contributed by atoms with Crippen molar-refractivity contribution in [2.75, 3.05) is 18.4 Å². The van der Waals surface area contributed by atoms with Crippen LogP contribution in [0.5, 0.6) is 0 Å². The van der Waals surface area contributed by atoms with Crippen molar-refractivity contribution in [1.82, 2.24) is 4.90 Å². The molecule has 2 rings (SSSR count). The molecule has 1 aromatic carbocycles. The summed E-state index contributed by atoms with van der Waals surface area (Å²) in [6, 6.07) is 4.00. The van der Waals surface area contributed by atoms with E-state index in [1.807, 2.05) is 0 Å². The number of benzene rings is 1. The number of carbonyl (C=O) groups excluding carboxylic acids is 1. The third-order valence-electron chi connectivity index (χ3n) is 2.88. The Hall–Kier alpha value is -1.33. The predicted molar refractivity (Wildman–Crippen MR) is 67.2 cm³/mol. The van der Waals surface area contributed by atoms with E-state index in [0.717, 1.165) is 6.42 Å². The van der Waals surface area contributed by atoms with E-state index in [-0.39, 0.29) is 17.3 Å². The summed E-state index contributed by atoms with van der Waals surface area (Å²) in [5, 5.41) is 11.9. The van der Waals surface area contributed by atoms with Gasteiger partial charge in [-0.15, -0.1) is 0 Å². The second-order valence-electron chi connectivity index (χ2n) is 4.27. The number of hydrogen-bond donors (Lipinski definition) is 2. The first-order valence-corrected chi connectivity index (χ1v) is 6.13. The Morgan fingerprint density at radius 2 is 2.33 bits per heavy atom. The summed E-state index contributed by atoms with van der Waals surface area (Å²) in [6.07, 6.45) is 0.927. The van der Waals surface area contributed by atoms with Gasteiger partial charge in [0.25, 0.3) is 0 Å². The molecule has 0 aliphatic carbocycles. The second kappa shape index (κ2) is 5.54. The number of aliphatic hydroxyl groups excluding tert-OH is 1. The van der Waals surface area contributed by atoms with E-state index in [4.69, 9.17) is 11.6 Å². The summed E-state index contributed by atoms with van der Waals surface area (Å²) in [5.41, 5.74) is 0.0487. The van der Waals surface area contributed by atoms with Crippen LogP contribution in [0.3, 0.4) is 0 Å². The van der Waals surface area contributed by atoms with Crippen molar-refractivity contribution in [2.45, 2.75) is 18.9 Å². The molecule has 1 atom stereocenters. The van der Waals surface area contributed by atoms with Gasteiger partial charge in [-0.3, -0.25) is 0 Å². The lowest BCUT2D eigenvalue weighted by Crippen LogP contribution is -2.44. The maximum atomic E-state index is 13.6. The van der Waals surface area contributed by atoms with E-state index >= 15 is 0 Å². The Kier molecular flexibility index (Phi) is 4.04. The van der Waals surface area contributed by atoms with Gasteiger partial charge in [0.1, 0.15) is 0 Å². The molecule has 0 saturated carbocycles. The number of anilines is 1. The van der Waals surface area contributed by atoms with E-state index in [1.165, 1.54) is 17.0 Å². The van der Waals surface area contributed by atoms with Crippen molar-refractivity contribution in [3.8, 4) is 0 Å². The largest absolute Gasteiger partial charge is 0.391 e. The lowest BCUT2D eigenvalue weighted by Gasteiger charge is -2.30. The van der Waals surface area contributed by atoms with Crippen LogP contribution >= 0.6 is 11.6 Å². The summed E-state index contributed by atoms with van der Waals surface area (Å²) in [4.78, 5) is 13.3. The van der Waals surface area contributed by atoms with Crippen molar-refractivity contribution in [2.24, 2.45) is 0 Å². The third-order valence-corrected chi connectivity index (χ3v) is 3.17. The van der Waals surface area contributed by atoms with Gasteiger partial charge in [0.15, 0.2) is 5.82 Å². The van der Waals surface area contributed by atoms with Crippen LogP contribution in [0.4, 0.5) is 14.9 Å². The van der Waals surface area contributed by atoms with Gasteiger partial charge in [0, 0.05) is 13.1 Å². The van der Waals surface area contributed by atoms with Gasteiger partial charge in [-0.25, -0.2) is 9.18 Å². The fourth-order valence-electron chi connectivity index (χ4n) is 1.93. The Balaban J connectivity index is 2.04. The van der Waals surface area contributed by atoms with Gasteiger partial charge in [-0.2, -0.15) is 0 Å². The lowest BCUT2D eigenvalue weighted by molar-refractivity contribution is 0.0883. The smallest absolute Gasteiger partial charge is 0.322 e. The van der Waals surface area contributed by atoms with E-state index in [1.54, 1.807) is 6.07 Å². The zero-order chi connectivity index (χ0) is 13.1. The molecule has 6 heteroatoms. The Morgan fingerprint density at radius 3 is 3.06 bits per heavy atom. The number of amides is 2. The highest BCUT2D eigenvalue weighted by Gasteiger charge is 2.22. The number of hydrogen-bond acceptors (Lipinski definition) is 2. The number of carbonyl (C=O) groups is 1. The first-order chi connectivity index (χ1) is 8.58. The third kappa shape index (κ3) is 2.91. The molecule has 0 bridgehead atoms. The summed E-state index contributed by atoms with van der Waals surface area (Å²) < 4.78 is 13.6. The van der Waals surface area contributed by atoms with Crippen molar-refractivity contribution < 1.29 is 14.3 Å². The summed E-state index contributed by atoms with van der Waals surface area (Å²) in [6.45, 7) is 0.832. The topological polar surface area (TPSA) is 52.6 Å². The fourth-order valence-corrected chi connectivity index (χ4v) is 2.11. The van der Waals surface area contributed by atoms with Gasteiger partial charge in [-0.05, 0) is 25.0 Å². The molecule has 1 unspecified atom stereocenters. The van der Waals surface area contributed by atoms with E-state index in [0.29, 0.717) is 13.0 Å². The minimum absolute atomic E-state index is 0.0357. The standard InChI is InChI=1S/C12H14ClFN2O2/c13-9-4-1-5-10(11(9)14)15-12(18)16-6-2-3-8(17)7-16/h1,4-5,8,17H,2-3,6-7H2,(H,15,18). The molecule has 18 heavy (non-hydrogen) atoms. The van der Waals surface area contributed by atoms with Gasteiger partial charge >= 0.3 is 6.03 Å². The summed E-state index contributed by atoms with van der Waals surface area (Å²) in [5.74, 6) is -0.648. The van der Waals surface area contributed by atoms with Crippen LogP contribution in [0, 0.1) is 5.82 Å². The lowest BCUT2D eigenvalue weighted by atomic mass is 10.1. The number of halogens is 2. The molecule has 98 valence electrons. The van der Waals surface area contributed by atoms with Gasteiger partial charge < -0.3 is 15.3 Å². The monoisotopic (exact) mass is 272 g/mol. The van der Waals surface area contributed by atoms with Gasteiger partial charge in [0.05, 0.1) is 16.8 Å². The average Bonchev–Trinajstić information content (AvgIpc) is 2.35. The van der Waals surface area contributed by atoms with Crippen LogP contribution in [-0.2, 0) is 0 Å². The van der Waals surface area contributed by atoms with Crippen molar-refractivity contribution in [3.05, 3.63) is 29.0 Å². The molecule has 1 aromatic rings. The minimum Gasteiger partial charge on any atom is -0.391 e. The Morgan fingerprint density at radius 1 is 1.56 bits per heavy atom. The highest BCUT2D eigenvalue weighted by molar-refractivity contribution is 6.31. The zero-order valence-corrected chi connectivity index (χ0v) is 10.5. The first-order valence-electron chi connectivity index (χ1n) is 5.76. The summed E-state index contributed by atoms with van der Waals surface area (Å²) in [7, 11) is 0. The minimum atomic E-state index is -0.648. The van der Waals surface area contributed by atoms with E-state index in [9.17, 15) is 14.3 Å². The number of nitrogens with one attached hydrogen (secondary N) is 1. The number of rotatable bonds is 1. The van der Waals surface area contributed by atoms with Gasteiger partial charge in [-0.1, -0.05) is 17.7 Å². The van der Waals surface area contributed by atoms with Crippen LogP contribution in [0.2, 0.25) is 5.02 Å². The average molecular weight is 273 g/mol. The maximum Gasteiger partial charge on any atom is 0.322 e. The molecular formula is C12H14ClFN2O2. The quantitative estimate of drug-likeness (QED) is 0.825. The van der Waals surface area contributed by atoms with Crippen molar-refractivity contribution in [3.63, 3.8) is 0 Å². The van der Waals surface area contributed by atoms with Crippen molar-refractivity contribution in [1.29, 1.82) is 0 Å². The number of nitrogens with zero attached hydrogens (tertiary/aromatic N) is 1. The number of β-amino-alcohol motifs (C(OH)–C–C–N with tert-alkyl or cyclic N) is 1. The SMILES string of the molecule is O=C(Nc1cccc(Cl)c1F)N1CCCC(O)C1. The highest BCUT2D eigenvalue weighted by Crippen LogP contribution is 2.22. The molecule has 1 fully saturated rings. The zero-order valence-electron chi connectivity index (χ0n) is 9.70. The van der Waals surface area contributed by atoms with Crippen LogP contribution in [0.25, 0.3) is 0 Å². The van der Waals surface area contributed by atoms with Crippen LogP contribution in [0.1, 0.15) is 12.8 Å². The van der Waals surface area contributed by atoms with E-state index in [2.05, 4.69) is 5.32 Å². The van der Waals surface area contributed by atoms with Gasteiger partial charge in [0.2, 0.25) is 0 Å². The molecule has 2 N–H and O–H groups in total. The Labute approximate surface area is 109 Å². The summed E-state index contributed by atoms with van der Waals surface area (Å²) >= 11 is 5.63. The molecule has 1 heterocycles. The van der Waals surface area contributed by atoms with Crippen LogP contribution < -0.4 is 5.32 Å². The van der Waals surface area contributed by atoms with Crippen molar-refractivity contribution >= 4 is 23.3 Å². The molecule has 0 aromatic heterocycles. The Bertz CT molecular complexity index is 456. The first kappa shape index (κ1) is 13.1. The molecule has 1 aliphatic heterocycles. The molecule has 2 amide bonds. The fraction of sp³-hybridized carbons (Fsp3) is 0.417. The predicted octanol–water partition coefficient (Wildman–Crippen LogP) is 2.47. The van der Waals surface area contributed by atoms with Crippen LogP contribution in [-0.4, -0.2) is 35.2 Å². The molecule has 0 radical (unpaired) electrons. The van der Waals surface area contributed by atoms with E-state index < -0.39 is 18.0 Å². The normalized spacial score (nSPS) is 19.7. The number of piperidine rings is 1. The second-order valence-corrected chi connectivity index (χ2v) is 4.68. The molecule has 0 spiro atoms. The number of urea groups is 1. The highest BCUT2D eigenvalue weighted by atomic mass is 35.5. The van der Waals surface area contributed by atoms with Crippen LogP contribution in [0.15, 0.2) is 18.2 Å².